The summed E-state index contributed by atoms with van der Waals surface area (Å²) in [6.45, 7) is 4.55. The van der Waals surface area contributed by atoms with Crippen LogP contribution in [0.5, 0.6) is 5.75 Å². The maximum atomic E-state index is 5.22. The Morgan fingerprint density at radius 3 is 2.78 bits per heavy atom. The van der Waals surface area contributed by atoms with Crippen molar-refractivity contribution < 1.29 is 4.74 Å². The molecule has 0 aromatic heterocycles. The average Bonchev–Trinajstić information content (AvgIpc) is 2.43. The predicted octanol–water partition coefficient (Wildman–Crippen LogP) is 5.31. The highest BCUT2D eigenvalue weighted by atomic mass is 16.5. The molecule has 0 amide bonds. The highest BCUT2D eigenvalue weighted by molar-refractivity contribution is 5.51. The number of benzene rings is 1. The number of ether oxygens (including phenoxy) is 1. The SMILES string of the molecule is CCCCC(CC)CC=Cc1cccc(OC)c1. The van der Waals surface area contributed by atoms with Crippen molar-refractivity contribution in [3.05, 3.63) is 35.9 Å². The highest BCUT2D eigenvalue weighted by Crippen LogP contribution is 2.19. The zero-order valence-electron chi connectivity index (χ0n) is 12.0. The number of rotatable bonds is 8. The topological polar surface area (TPSA) is 9.23 Å². The van der Waals surface area contributed by atoms with Gasteiger partial charge in [-0.2, -0.15) is 0 Å². The minimum atomic E-state index is 0.840. The summed E-state index contributed by atoms with van der Waals surface area (Å²) in [6, 6.07) is 8.20. The molecule has 0 N–H and O–H groups in total. The van der Waals surface area contributed by atoms with Gasteiger partial charge in [0.1, 0.15) is 5.75 Å². The maximum absolute atomic E-state index is 5.22. The van der Waals surface area contributed by atoms with E-state index in [0.29, 0.717) is 0 Å². The number of hydrogen-bond acceptors (Lipinski definition) is 1. The minimum absolute atomic E-state index is 0.840. The quantitative estimate of drug-likeness (QED) is 0.603. The summed E-state index contributed by atoms with van der Waals surface area (Å²) < 4.78 is 5.22. The van der Waals surface area contributed by atoms with Crippen LogP contribution in [0.25, 0.3) is 6.08 Å². The van der Waals surface area contributed by atoms with Crippen molar-refractivity contribution in [3.63, 3.8) is 0 Å². The molecule has 0 spiro atoms. The van der Waals surface area contributed by atoms with Crippen LogP contribution in [0.3, 0.4) is 0 Å². The van der Waals surface area contributed by atoms with Gasteiger partial charge in [0.15, 0.2) is 0 Å². The minimum Gasteiger partial charge on any atom is -0.497 e. The maximum Gasteiger partial charge on any atom is 0.119 e. The second-order valence-corrected chi connectivity index (χ2v) is 4.83. The normalized spacial score (nSPS) is 12.8. The summed E-state index contributed by atoms with van der Waals surface area (Å²) in [4.78, 5) is 0. The molecule has 0 saturated carbocycles. The molecule has 1 nitrogen and oxygen atoms in total. The Morgan fingerprint density at radius 2 is 2.11 bits per heavy atom. The van der Waals surface area contributed by atoms with Crippen molar-refractivity contribution in [3.8, 4) is 5.75 Å². The first kappa shape index (κ1) is 14.8. The third-order valence-corrected chi connectivity index (χ3v) is 3.42. The van der Waals surface area contributed by atoms with E-state index < -0.39 is 0 Å². The monoisotopic (exact) mass is 246 g/mol. The van der Waals surface area contributed by atoms with Gasteiger partial charge in [0.05, 0.1) is 7.11 Å². The van der Waals surface area contributed by atoms with Crippen molar-refractivity contribution >= 4 is 6.08 Å². The molecule has 0 radical (unpaired) electrons. The molecule has 0 saturated heterocycles. The Morgan fingerprint density at radius 1 is 1.28 bits per heavy atom. The smallest absolute Gasteiger partial charge is 0.119 e. The Balaban J connectivity index is 2.47. The van der Waals surface area contributed by atoms with Gasteiger partial charge in [-0.05, 0) is 30.0 Å². The molecule has 1 atom stereocenters. The first-order valence-electron chi connectivity index (χ1n) is 7.10. The third kappa shape index (κ3) is 5.39. The fourth-order valence-corrected chi connectivity index (χ4v) is 2.12. The molecule has 1 aromatic rings. The summed E-state index contributed by atoms with van der Waals surface area (Å²) in [7, 11) is 1.71. The zero-order valence-corrected chi connectivity index (χ0v) is 12.0. The molecule has 0 heterocycles. The van der Waals surface area contributed by atoms with Crippen molar-refractivity contribution in [1.82, 2.24) is 0 Å². The van der Waals surface area contributed by atoms with Gasteiger partial charge in [-0.25, -0.2) is 0 Å². The van der Waals surface area contributed by atoms with E-state index in [0.717, 1.165) is 11.7 Å². The van der Waals surface area contributed by atoms with E-state index in [1.54, 1.807) is 7.11 Å². The van der Waals surface area contributed by atoms with Crippen LogP contribution < -0.4 is 4.74 Å². The summed E-state index contributed by atoms with van der Waals surface area (Å²) in [5.74, 6) is 1.77. The van der Waals surface area contributed by atoms with Crippen molar-refractivity contribution in [2.75, 3.05) is 7.11 Å². The van der Waals surface area contributed by atoms with E-state index >= 15 is 0 Å². The van der Waals surface area contributed by atoms with Gasteiger partial charge in [-0.3, -0.25) is 0 Å². The number of hydrogen-bond donors (Lipinski definition) is 0. The van der Waals surface area contributed by atoms with Crippen LogP contribution in [-0.2, 0) is 0 Å². The average molecular weight is 246 g/mol. The fourth-order valence-electron chi connectivity index (χ4n) is 2.12. The largest absolute Gasteiger partial charge is 0.497 e. The molecule has 18 heavy (non-hydrogen) atoms. The Labute approximate surface area is 112 Å². The summed E-state index contributed by atoms with van der Waals surface area (Å²) >= 11 is 0. The van der Waals surface area contributed by atoms with Crippen LogP contribution in [0.4, 0.5) is 0 Å². The molecule has 1 rings (SSSR count). The predicted molar refractivity (Wildman–Crippen MR) is 80.0 cm³/mol. The molecule has 1 heteroatoms. The lowest BCUT2D eigenvalue weighted by Gasteiger charge is -2.11. The zero-order chi connectivity index (χ0) is 13.2. The summed E-state index contributed by atoms with van der Waals surface area (Å²) in [5.41, 5.74) is 1.22. The molecule has 1 unspecified atom stereocenters. The molecule has 0 aliphatic rings. The molecular weight excluding hydrogens is 220 g/mol. The van der Waals surface area contributed by atoms with Crippen LogP contribution in [0.15, 0.2) is 30.3 Å². The van der Waals surface area contributed by atoms with E-state index in [9.17, 15) is 0 Å². The van der Waals surface area contributed by atoms with Crippen molar-refractivity contribution in [2.45, 2.75) is 46.0 Å². The lowest BCUT2D eigenvalue weighted by Crippen LogP contribution is -1.96. The van der Waals surface area contributed by atoms with Gasteiger partial charge in [-0.1, -0.05) is 63.8 Å². The molecule has 0 aliphatic carbocycles. The lowest BCUT2D eigenvalue weighted by molar-refractivity contribution is 0.414. The van der Waals surface area contributed by atoms with Crippen molar-refractivity contribution in [2.24, 2.45) is 5.92 Å². The van der Waals surface area contributed by atoms with Gasteiger partial charge in [-0.15, -0.1) is 0 Å². The lowest BCUT2D eigenvalue weighted by atomic mass is 9.95. The van der Waals surface area contributed by atoms with E-state index in [1.165, 1.54) is 37.7 Å². The van der Waals surface area contributed by atoms with E-state index in [2.05, 4.69) is 38.1 Å². The fraction of sp³-hybridized carbons (Fsp3) is 0.529. The van der Waals surface area contributed by atoms with Crippen LogP contribution in [0.1, 0.15) is 51.5 Å². The van der Waals surface area contributed by atoms with Crippen LogP contribution >= 0.6 is 0 Å². The van der Waals surface area contributed by atoms with E-state index in [4.69, 9.17) is 4.74 Å². The number of unbranched alkanes of at least 4 members (excludes halogenated alkanes) is 1. The summed E-state index contributed by atoms with van der Waals surface area (Å²) in [5, 5.41) is 0. The highest BCUT2D eigenvalue weighted by Gasteiger charge is 2.02. The molecule has 1 aromatic carbocycles. The molecular formula is C17H26O. The number of allylic oxidation sites excluding steroid dienone is 1. The van der Waals surface area contributed by atoms with Crippen molar-refractivity contribution in [1.29, 1.82) is 0 Å². The van der Waals surface area contributed by atoms with Gasteiger partial charge in [0.2, 0.25) is 0 Å². The molecule has 100 valence electrons. The van der Waals surface area contributed by atoms with Crippen LogP contribution in [-0.4, -0.2) is 7.11 Å². The number of methoxy groups -OCH3 is 1. The van der Waals surface area contributed by atoms with Gasteiger partial charge >= 0.3 is 0 Å². The Kier molecular flexibility index (Phi) is 7.24. The van der Waals surface area contributed by atoms with E-state index in [1.807, 2.05) is 12.1 Å². The molecule has 0 fully saturated rings. The Bertz CT molecular complexity index is 354. The molecule has 0 bridgehead atoms. The van der Waals surface area contributed by atoms with Gasteiger partial charge in [0, 0.05) is 0 Å². The molecule has 0 aliphatic heterocycles. The second kappa shape index (κ2) is 8.79. The first-order valence-corrected chi connectivity index (χ1v) is 7.10. The van der Waals surface area contributed by atoms with Gasteiger partial charge < -0.3 is 4.74 Å². The van der Waals surface area contributed by atoms with Crippen LogP contribution in [0, 0.1) is 5.92 Å². The summed E-state index contributed by atoms with van der Waals surface area (Å²) in [6.07, 6.45) is 11.0. The Hall–Kier alpha value is -1.24. The third-order valence-electron chi connectivity index (χ3n) is 3.42. The van der Waals surface area contributed by atoms with E-state index in [-0.39, 0.29) is 0 Å². The van der Waals surface area contributed by atoms with Gasteiger partial charge in [0.25, 0.3) is 0 Å². The second-order valence-electron chi connectivity index (χ2n) is 4.83. The standard InChI is InChI=1S/C17H26O/c1-4-6-9-15(5-2)10-7-11-16-12-8-13-17(14-16)18-3/h7-8,11-15H,4-6,9-10H2,1-3H3. The van der Waals surface area contributed by atoms with Crippen LogP contribution in [0.2, 0.25) is 0 Å². The first-order chi connectivity index (χ1) is 8.80.